The Morgan fingerprint density at radius 1 is 1.21 bits per heavy atom. The molecular weight excluding hydrogens is 463 g/mol. The second-order valence-electron chi connectivity index (χ2n) is 7.91. The van der Waals surface area contributed by atoms with Crippen molar-refractivity contribution in [3.63, 3.8) is 0 Å². The first-order valence-electron chi connectivity index (χ1n) is 10.9. The molecule has 2 aromatic heterocycles. The molecule has 0 aliphatic carbocycles. The number of aryl methyl sites for hydroxylation is 1. The molecule has 10 heteroatoms. The molecular formula is C23H26Cl2N6O2. The summed E-state index contributed by atoms with van der Waals surface area (Å²) in [7, 11) is 0. The van der Waals surface area contributed by atoms with Gasteiger partial charge in [0.25, 0.3) is 0 Å². The largest absolute Gasteiger partial charge is 0.492 e. The van der Waals surface area contributed by atoms with Crippen LogP contribution in [0.3, 0.4) is 0 Å². The Labute approximate surface area is 203 Å². The highest BCUT2D eigenvalue weighted by Crippen LogP contribution is 2.31. The van der Waals surface area contributed by atoms with Gasteiger partial charge in [0, 0.05) is 49.8 Å². The molecule has 4 rings (SSSR count). The molecule has 3 aromatic rings. The van der Waals surface area contributed by atoms with Crippen LogP contribution in [0.5, 0.6) is 5.75 Å². The number of hydrogen-bond acceptors (Lipinski definition) is 6. The summed E-state index contributed by atoms with van der Waals surface area (Å²) < 4.78 is 7.23. The van der Waals surface area contributed by atoms with Gasteiger partial charge < -0.3 is 14.5 Å². The molecule has 1 aliphatic heterocycles. The Morgan fingerprint density at radius 3 is 2.67 bits per heavy atom. The Bertz CT molecular complexity index is 1140. The zero-order valence-corrected chi connectivity index (χ0v) is 20.3. The molecule has 174 valence electrons. The van der Waals surface area contributed by atoms with Crippen LogP contribution in [0.2, 0.25) is 10.0 Å². The summed E-state index contributed by atoms with van der Waals surface area (Å²) in [5.74, 6) is 1.09. The summed E-state index contributed by atoms with van der Waals surface area (Å²) in [5, 5.41) is 5.51. The third-order valence-corrected chi connectivity index (χ3v) is 6.41. The summed E-state index contributed by atoms with van der Waals surface area (Å²) in [4.78, 5) is 25.9. The number of amides is 1. The third-order valence-electron chi connectivity index (χ3n) is 5.64. The average molecular weight is 489 g/mol. The maximum absolute atomic E-state index is 13.2. The number of nitrogens with zero attached hydrogens (tertiary/aromatic N) is 6. The van der Waals surface area contributed by atoms with E-state index in [1.165, 1.54) is 0 Å². The van der Waals surface area contributed by atoms with Gasteiger partial charge in [0.1, 0.15) is 18.0 Å². The number of ether oxygens (including phenoxy) is 1. The minimum Gasteiger partial charge on any atom is -0.492 e. The molecule has 1 atom stereocenters. The molecule has 3 heterocycles. The highest BCUT2D eigenvalue weighted by atomic mass is 35.5. The zero-order chi connectivity index (χ0) is 23.5. The van der Waals surface area contributed by atoms with Crippen molar-refractivity contribution >= 4 is 34.8 Å². The molecule has 8 nitrogen and oxygen atoms in total. The second-order valence-corrected chi connectivity index (χ2v) is 8.69. The van der Waals surface area contributed by atoms with E-state index in [4.69, 9.17) is 27.9 Å². The molecule has 1 saturated heterocycles. The lowest BCUT2D eigenvalue weighted by molar-refractivity contribution is -0.134. The van der Waals surface area contributed by atoms with Crippen LogP contribution in [0.4, 0.5) is 5.69 Å². The summed E-state index contributed by atoms with van der Waals surface area (Å²) in [6.07, 6.45) is 3.28. The predicted molar refractivity (Wildman–Crippen MR) is 129 cm³/mol. The predicted octanol–water partition coefficient (Wildman–Crippen LogP) is 4.09. The van der Waals surface area contributed by atoms with Gasteiger partial charge in [0.2, 0.25) is 5.91 Å². The molecule has 1 amide bonds. The minimum atomic E-state index is -0.0235. The van der Waals surface area contributed by atoms with Crippen molar-refractivity contribution in [3.8, 4) is 17.3 Å². The van der Waals surface area contributed by atoms with Gasteiger partial charge in [0.15, 0.2) is 5.82 Å². The van der Waals surface area contributed by atoms with E-state index < -0.39 is 0 Å². The highest BCUT2D eigenvalue weighted by molar-refractivity contribution is 6.33. The summed E-state index contributed by atoms with van der Waals surface area (Å²) in [5.41, 5.74) is 2.22. The van der Waals surface area contributed by atoms with Crippen LogP contribution < -0.4 is 9.64 Å². The van der Waals surface area contributed by atoms with E-state index in [1.54, 1.807) is 30.1 Å². The van der Waals surface area contributed by atoms with E-state index >= 15 is 0 Å². The van der Waals surface area contributed by atoms with E-state index in [2.05, 4.69) is 20.0 Å². The van der Waals surface area contributed by atoms with Crippen molar-refractivity contribution in [2.24, 2.45) is 0 Å². The van der Waals surface area contributed by atoms with Gasteiger partial charge in [-0.3, -0.25) is 9.48 Å². The second kappa shape index (κ2) is 9.97. The Hall–Kier alpha value is -2.84. The van der Waals surface area contributed by atoms with E-state index in [0.29, 0.717) is 59.2 Å². The maximum Gasteiger partial charge on any atom is 0.244 e. The minimum absolute atomic E-state index is 0.0148. The van der Waals surface area contributed by atoms with Gasteiger partial charge in [-0.1, -0.05) is 23.2 Å². The number of carbonyl (C=O) groups excluding carboxylic acids is 1. The number of benzene rings is 1. The van der Waals surface area contributed by atoms with E-state index in [9.17, 15) is 4.79 Å². The fourth-order valence-electron chi connectivity index (χ4n) is 4.05. The highest BCUT2D eigenvalue weighted by Gasteiger charge is 2.29. The van der Waals surface area contributed by atoms with Crippen molar-refractivity contribution in [2.45, 2.75) is 33.4 Å². The molecule has 1 aliphatic rings. The van der Waals surface area contributed by atoms with Crippen LogP contribution in [0.25, 0.3) is 11.5 Å². The lowest BCUT2D eigenvalue weighted by Crippen LogP contribution is -2.54. The van der Waals surface area contributed by atoms with Crippen molar-refractivity contribution in [1.29, 1.82) is 0 Å². The van der Waals surface area contributed by atoms with Gasteiger partial charge in [-0.05, 0) is 39.0 Å². The quantitative estimate of drug-likeness (QED) is 0.519. The first-order chi connectivity index (χ1) is 15.9. The van der Waals surface area contributed by atoms with Crippen molar-refractivity contribution in [3.05, 3.63) is 52.4 Å². The standard InChI is InChI=1S/C23H26Cl2N6O2/c1-4-33-19-12-17(6-7-18(19)24)29-10-11-30(15(2)13-29)20(32)14-31-22(21(25)16(3)28-31)23-26-8-5-9-27-23/h5-9,12,15H,4,10-11,13-14H2,1-3H3/t15-/m0/s1. The van der Waals surface area contributed by atoms with E-state index in [-0.39, 0.29) is 18.5 Å². The Morgan fingerprint density at radius 2 is 1.97 bits per heavy atom. The lowest BCUT2D eigenvalue weighted by Gasteiger charge is -2.41. The molecule has 0 bridgehead atoms. The summed E-state index contributed by atoms with van der Waals surface area (Å²) >= 11 is 12.7. The van der Waals surface area contributed by atoms with Crippen LogP contribution in [0.1, 0.15) is 19.5 Å². The van der Waals surface area contributed by atoms with Crippen molar-refractivity contribution in [2.75, 3.05) is 31.1 Å². The first kappa shape index (κ1) is 23.3. The monoisotopic (exact) mass is 488 g/mol. The van der Waals surface area contributed by atoms with Crippen LogP contribution >= 0.6 is 23.2 Å². The smallest absolute Gasteiger partial charge is 0.244 e. The number of carbonyl (C=O) groups is 1. The molecule has 0 spiro atoms. The lowest BCUT2D eigenvalue weighted by atomic mass is 10.1. The van der Waals surface area contributed by atoms with Gasteiger partial charge >= 0.3 is 0 Å². The molecule has 1 aromatic carbocycles. The molecule has 0 radical (unpaired) electrons. The molecule has 33 heavy (non-hydrogen) atoms. The summed E-state index contributed by atoms with van der Waals surface area (Å²) in [6.45, 7) is 8.40. The summed E-state index contributed by atoms with van der Waals surface area (Å²) in [6, 6.07) is 7.53. The van der Waals surface area contributed by atoms with Crippen LogP contribution in [-0.4, -0.2) is 62.8 Å². The molecule has 0 saturated carbocycles. The van der Waals surface area contributed by atoms with Crippen LogP contribution in [0.15, 0.2) is 36.7 Å². The van der Waals surface area contributed by atoms with Gasteiger partial charge in [-0.25, -0.2) is 9.97 Å². The van der Waals surface area contributed by atoms with Gasteiger partial charge in [0.05, 0.1) is 22.3 Å². The molecule has 0 unspecified atom stereocenters. The SMILES string of the molecule is CCOc1cc(N2CCN(C(=O)Cn3nc(C)c(Cl)c3-c3ncccn3)[C@@H](C)C2)ccc1Cl. The fourth-order valence-corrected chi connectivity index (χ4v) is 4.44. The molecule has 0 N–H and O–H groups in total. The van der Waals surface area contributed by atoms with Crippen LogP contribution in [-0.2, 0) is 11.3 Å². The maximum atomic E-state index is 13.2. The number of rotatable bonds is 6. The van der Waals surface area contributed by atoms with Crippen molar-refractivity contribution < 1.29 is 9.53 Å². The van der Waals surface area contributed by atoms with Gasteiger partial charge in [-0.15, -0.1) is 0 Å². The number of piperazine rings is 1. The fraction of sp³-hybridized carbons (Fsp3) is 0.391. The average Bonchev–Trinajstić information content (AvgIpc) is 3.08. The van der Waals surface area contributed by atoms with Crippen LogP contribution in [0, 0.1) is 6.92 Å². The van der Waals surface area contributed by atoms with E-state index in [1.807, 2.05) is 36.9 Å². The topological polar surface area (TPSA) is 76.4 Å². The normalized spacial score (nSPS) is 16.2. The number of aromatic nitrogens is 4. The van der Waals surface area contributed by atoms with Gasteiger partial charge in [-0.2, -0.15) is 5.10 Å². The van der Waals surface area contributed by atoms with Crippen molar-refractivity contribution in [1.82, 2.24) is 24.6 Å². The molecule has 1 fully saturated rings. The Balaban J connectivity index is 1.48. The first-order valence-corrected chi connectivity index (χ1v) is 11.6. The number of halogens is 2. The third kappa shape index (κ3) is 4.91. The number of anilines is 1. The zero-order valence-electron chi connectivity index (χ0n) is 18.8. The number of hydrogen-bond donors (Lipinski definition) is 0. The Kier molecular flexibility index (Phi) is 7.05. The van der Waals surface area contributed by atoms with E-state index in [0.717, 1.165) is 5.69 Å².